The first kappa shape index (κ1) is 13.1. The van der Waals surface area contributed by atoms with E-state index < -0.39 is 0 Å². The molecule has 0 aliphatic rings. The molecule has 0 fully saturated rings. The van der Waals surface area contributed by atoms with E-state index >= 15 is 0 Å². The summed E-state index contributed by atoms with van der Waals surface area (Å²) in [6.45, 7) is 1.73. The Labute approximate surface area is 112 Å². The van der Waals surface area contributed by atoms with Gasteiger partial charge in [-0.25, -0.2) is 9.37 Å². The van der Waals surface area contributed by atoms with Gasteiger partial charge in [0, 0.05) is 28.1 Å². The Morgan fingerprint density at radius 3 is 2.94 bits per heavy atom. The van der Waals surface area contributed by atoms with Crippen LogP contribution in [0.15, 0.2) is 34.2 Å². The summed E-state index contributed by atoms with van der Waals surface area (Å²) in [6.07, 6.45) is 0. The van der Waals surface area contributed by atoms with E-state index in [1.807, 2.05) is 0 Å². The predicted molar refractivity (Wildman–Crippen MR) is 70.6 cm³/mol. The van der Waals surface area contributed by atoms with E-state index in [1.165, 1.54) is 23.9 Å². The Morgan fingerprint density at radius 2 is 2.28 bits per heavy atom. The molecule has 0 saturated carbocycles. The summed E-state index contributed by atoms with van der Waals surface area (Å²) in [5.74, 6) is -0.0391. The number of hydrogen-bond donors (Lipinski definition) is 1. The van der Waals surface area contributed by atoms with Gasteiger partial charge in [0.2, 0.25) is 0 Å². The molecular weight excluding hydrogens is 275 g/mol. The second kappa shape index (κ2) is 5.54. The number of aryl methyl sites for hydroxylation is 1. The molecule has 2 aromatic rings. The highest BCUT2D eigenvalue weighted by Crippen LogP contribution is 2.26. The maximum atomic E-state index is 13.5. The van der Waals surface area contributed by atoms with Crippen LogP contribution in [0.5, 0.6) is 0 Å². The second-order valence-corrected chi connectivity index (χ2v) is 5.05. The molecule has 1 heterocycles. The lowest BCUT2D eigenvalue weighted by molar-refractivity contribution is 0.617. The molecule has 1 N–H and O–H groups in total. The summed E-state index contributed by atoms with van der Waals surface area (Å²) in [7, 11) is 0. The van der Waals surface area contributed by atoms with Crippen LogP contribution in [0.4, 0.5) is 4.39 Å². The van der Waals surface area contributed by atoms with Gasteiger partial charge < -0.3 is 4.98 Å². The van der Waals surface area contributed by atoms with Crippen LogP contribution >= 0.6 is 23.4 Å². The number of aromatic nitrogens is 2. The molecule has 18 heavy (non-hydrogen) atoms. The van der Waals surface area contributed by atoms with Gasteiger partial charge in [0.15, 0.2) is 5.16 Å². The van der Waals surface area contributed by atoms with E-state index in [4.69, 9.17) is 11.6 Å². The Bertz CT molecular complexity index is 609. The van der Waals surface area contributed by atoms with Gasteiger partial charge in [-0.2, -0.15) is 0 Å². The number of rotatable bonds is 3. The normalized spacial score (nSPS) is 10.6. The Balaban J connectivity index is 2.19. The molecule has 0 aliphatic heterocycles. The summed E-state index contributed by atoms with van der Waals surface area (Å²) < 4.78 is 13.5. The summed E-state index contributed by atoms with van der Waals surface area (Å²) in [5, 5.41) is 0.830. The molecule has 0 radical (unpaired) electrons. The van der Waals surface area contributed by atoms with Crippen LogP contribution in [-0.2, 0) is 5.75 Å². The van der Waals surface area contributed by atoms with E-state index in [9.17, 15) is 9.18 Å². The average molecular weight is 285 g/mol. The molecule has 1 aromatic heterocycles. The van der Waals surface area contributed by atoms with Crippen LogP contribution in [0, 0.1) is 12.7 Å². The van der Waals surface area contributed by atoms with Gasteiger partial charge in [-0.3, -0.25) is 4.79 Å². The molecule has 3 nitrogen and oxygen atoms in total. The minimum absolute atomic E-state index is 0.218. The molecule has 0 unspecified atom stereocenters. The quantitative estimate of drug-likeness (QED) is 0.695. The maximum Gasteiger partial charge on any atom is 0.251 e. The van der Waals surface area contributed by atoms with Crippen LogP contribution in [0.1, 0.15) is 11.3 Å². The minimum atomic E-state index is -0.356. The summed E-state index contributed by atoms with van der Waals surface area (Å²) in [6, 6.07) is 5.94. The van der Waals surface area contributed by atoms with Gasteiger partial charge in [-0.1, -0.05) is 29.4 Å². The van der Waals surface area contributed by atoms with E-state index in [0.29, 0.717) is 27.2 Å². The van der Waals surface area contributed by atoms with Crippen molar-refractivity contribution in [3.8, 4) is 0 Å². The molecule has 0 aliphatic carbocycles. The number of nitrogens with one attached hydrogen (secondary N) is 1. The fourth-order valence-corrected chi connectivity index (χ4v) is 2.70. The van der Waals surface area contributed by atoms with Crippen molar-refractivity contribution in [3.63, 3.8) is 0 Å². The molecule has 1 aromatic carbocycles. The first-order valence-corrected chi connectivity index (χ1v) is 6.56. The fourth-order valence-electron chi connectivity index (χ4n) is 1.43. The minimum Gasteiger partial charge on any atom is -0.301 e. The monoisotopic (exact) mass is 284 g/mol. The van der Waals surface area contributed by atoms with Crippen molar-refractivity contribution in [2.24, 2.45) is 0 Å². The van der Waals surface area contributed by atoms with Crippen LogP contribution < -0.4 is 5.56 Å². The van der Waals surface area contributed by atoms with Gasteiger partial charge in [0.05, 0.1) is 0 Å². The van der Waals surface area contributed by atoms with E-state index in [-0.39, 0.29) is 11.4 Å². The highest BCUT2D eigenvalue weighted by atomic mass is 35.5. The number of nitrogens with zero attached hydrogens (tertiary/aromatic N) is 1. The Kier molecular flexibility index (Phi) is 4.04. The molecular formula is C12H10ClFN2OS. The van der Waals surface area contributed by atoms with Crippen LogP contribution in [0.25, 0.3) is 0 Å². The standard InChI is InChI=1S/C12H10ClFN2OS/c1-7-5-11(17)16-12(15-7)18-6-8-9(13)3-2-4-10(8)14/h2-5H,6H2,1H3,(H,15,16,17). The summed E-state index contributed by atoms with van der Waals surface area (Å²) >= 11 is 7.15. The molecule has 0 amide bonds. The lowest BCUT2D eigenvalue weighted by atomic mass is 10.2. The molecule has 6 heteroatoms. The highest BCUT2D eigenvalue weighted by Gasteiger charge is 2.08. The zero-order valence-corrected chi connectivity index (χ0v) is 11.1. The second-order valence-electron chi connectivity index (χ2n) is 3.68. The van der Waals surface area contributed by atoms with Crippen LogP contribution in [-0.4, -0.2) is 9.97 Å². The smallest absolute Gasteiger partial charge is 0.251 e. The molecule has 2 rings (SSSR count). The number of halogens is 2. The highest BCUT2D eigenvalue weighted by molar-refractivity contribution is 7.98. The maximum absolute atomic E-state index is 13.5. The Morgan fingerprint density at radius 1 is 1.50 bits per heavy atom. The zero-order chi connectivity index (χ0) is 13.1. The molecule has 0 spiro atoms. The van der Waals surface area contributed by atoms with Crippen LogP contribution in [0.2, 0.25) is 5.02 Å². The van der Waals surface area contributed by atoms with Gasteiger partial charge in [0.25, 0.3) is 5.56 Å². The van der Waals surface area contributed by atoms with E-state index in [1.54, 1.807) is 19.1 Å². The van der Waals surface area contributed by atoms with Gasteiger partial charge >= 0.3 is 0 Å². The van der Waals surface area contributed by atoms with Crippen molar-refractivity contribution in [2.75, 3.05) is 0 Å². The first-order valence-electron chi connectivity index (χ1n) is 5.20. The number of H-pyrrole nitrogens is 1. The first-order chi connectivity index (χ1) is 8.56. The molecule has 0 saturated heterocycles. The predicted octanol–water partition coefficient (Wildman–Crippen LogP) is 3.16. The molecule has 0 atom stereocenters. The van der Waals surface area contributed by atoms with E-state index in [0.717, 1.165) is 0 Å². The Hall–Kier alpha value is -1.33. The SMILES string of the molecule is Cc1cc(=O)[nH]c(SCc2c(F)cccc2Cl)n1. The number of hydrogen-bond acceptors (Lipinski definition) is 3. The lowest BCUT2D eigenvalue weighted by Gasteiger charge is -2.05. The van der Waals surface area contributed by atoms with E-state index in [2.05, 4.69) is 9.97 Å². The zero-order valence-electron chi connectivity index (χ0n) is 9.54. The van der Waals surface area contributed by atoms with Crippen molar-refractivity contribution in [2.45, 2.75) is 17.8 Å². The lowest BCUT2D eigenvalue weighted by Crippen LogP contribution is -2.08. The summed E-state index contributed by atoms with van der Waals surface area (Å²) in [4.78, 5) is 18.0. The third kappa shape index (κ3) is 3.11. The largest absolute Gasteiger partial charge is 0.301 e. The van der Waals surface area contributed by atoms with Crippen molar-refractivity contribution < 1.29 is 4.39 Å². The van der Waals surface area contributed by atoms with Crippen molar-refractivity contribution >= 4 is 23.4 Å². The third-order valence-electron chi connectivity index (χ3n) is 2.26. The number of aromatic amines is 1. The van der Waals surface area contributed by atoms with Crippen molar-refractivity contribution in [1.29, 1.82) is 0 Å². The van der Waals surface area contributed by atoms with Gasteiger partial charge in [-0.05, 0) is 19.1 Å². The molecule has 0 bridgehead atoms. The summed E-state index contributed by atoms with van der Waals surface area (Å²) in [5.41, 5.74) is 0.818. The van der Waals surface area contributed by atoms with Gasteiger partial charge in [0.1, 0.15) is 5.82 Å². The average Bonchev–Trinajstić information content (AvgIpc) is 2.27. The fraction of sp³-hybridized carbons (Fsp3) is 0.167. The van der Waals surface area contributed by atoms with Crippen molar-refractivity contribution in [1.82, 2.24) is 9.97 Å². The number of thioether (sulfide) groups is 1. The number of benzene rings is 1. The van der Waals surface area contributed by atoms with Gasteiger partial charge in [-0.15, -0.1) is 0 Å². The topological polar surface area (TPSA) is 45.8 Å². The molecule has 94 valence electrons. The third-order valence-corrected chi connectivity index (χ3v) is 3.52. The van der Waals surface area contributed by atoms with Crippen LogP contribution in [0.3, 0.4) is 0 Å². The van der Waals surface area contributed by atoms with Crippen molar-refractivity contribution in [3.05, 3.63) is 56.7 Å².